The fourth-order valence-corrected chi connectivity index (χ4v) is 3.75. The molecule has 26 heavy (non-hydrogen) atoms. The van der Waals surface area contributed by atoms with Gasteiger partial charge in [0.25, 0.3) is 5.91 Å². The van der Waals surface area contributed by atoms with Crippen molar-refractivity contribution in [1.29, 1.82) is 0 Å². The van der Waals surface area contributed by atoms with Crippen LogP contribution in [0.5, 0.6) is 0 Å². The van der Waals surface area contributed by atoms with Gasteiger partial charge in [0, 0.05) is 45.3 Å². The SMILES string of the molecule is CN=C(NCCNC(=O)c1ccco1)NC1CCN(C2CCCC2)C1.I. The van der Waals surface area contributed by atoms with Crippen LogP contribution in [0.25, 0.3) is 0 Å². The van der Waals surface area contributed by atoms with Gasteiger partial charge in [-0.3, -0.25) is 14.7 Å². The molecule has 2 heterocycles. The molecule has 1 aromatic heterocycles. The van der Waals surface area contributed by atoms with Crippen molar-refractivity contribution < 1.29 is 9.21 Å². The van der Waals surface area contributed by atoms with Gasteiger partial charge in [0.1, 0.15) is 0 Å². The van der Waals surface area contributed by atoms with Crippen molar-refractivity contribution in [3.8, 4) is 0 Å². The van der Waals surface area contributed by atoms with Crippen molar-refractivity contribution in [3.63, 3.8) is 0 Å². The van der Waals surface area contributed by atoms with Gasteiger partial charge < -0.3 is 20.4 Å². The Morgan fingerprint density at radius 1 is 1.27 bits per heavy atom. The number of likely N-dealkylation sites (tertiary alicyclic amines) is 1. The predicted octanol–water partition coefficient (Wildman–Crippen LogP) is 1.81. The number of hydrogen-bond acceptors (Lipinski definition) is 4. The van der Waals surface area contributed by atoms with Gasteiger partial charge in [0.05, 0.1) is 6.26 Å². The Kier molecular flexibility index (Phi) is 8.70. The number of guanidine groups is 1. The van der Waals surface area contributed by atoms with Crippen LogP contribution >= 0.6 is 24.0 Å². The van der Waals surface area contributed by atoms with Crippen LogP contribution in [0, 0.1) is 0 Å². The van der Waals surface area contributed by atoms with E-state index in [1.807, 2.05) is 0 Å². The number of carbonyl (C=O) groups excluding carboxylic acids is 1. The summed E-state index contributed by atoms with van der Waals surface area (Å²) >= 11 is 0. The number of carbonyl (C=O) groups is 1. The molecule has 1 aliphatic heterocycles. The van der Waals surface area contributed by atoms with Crippen molar-refractivity contribution >= 4 is 35.8 Å². The highest BCUT2D eigenvalue weighted by molar-refractivity contribution is 14.0. The molecular formula is C18H30IN5O2. The molecule has 1 atom stereocenters. The summed E-state index contributed by atoms with van der Waals surface area (Å²) in [5, 5.41) is 9.57. The third-order valence-corrected chi connectivity index (χ3v) is 5.07. The van der Waals surface area contributed by atoms with Crippen LogP contribution in [0.3, 0.4) is 0 Å². The molecule has 1 amide bonds. The highest BCUT2D eigenvalue weighted by Gasteiger charge is 2.30. The van der Waals surface area contributed by atoms with E-state index in [9.17, 15) is 4.79 Å². The lowest BCUT2D eigenvalue weighted by molar-refractivity contribution is 0.0926. The summed E-state index contributed by atoms with van der Waals surface area (Å²) in [6.45, 7) is 3.41. The molecule has 0 aromatic carbocycles. The van der Waals surface area contributed by atoms with Crippen molar-refractivity contribution in [2.45, 2.75) is 44.2 Å². The zero-order chi connectivity index (χ0) is 17.5. The maximum absolute atomic E-state index is 11.8. The number of hydrogen-bond donors (Lipinski definition) is 3. The minimum atomic E-state index is -0.197. The second-order valence-corrected chi connectivity index (χ2v) is 6.80. The van der Waals surface area contributed by atoms with Gasteiger partial charge in [-0.15, -0.1) is 24.0 Å². The first-order valence-electron chi connectivity index (χ1n) is 9.29. The molecule has 0 bridgehead atoms. The first-order chi connectivity index (χ1) is 12.3. The maximum Gasteiger partial charge on any atom is 0.287 e. The first-order valence-corrected chi connectivity index (χ1v) is 9.29. The maximum atomic E-state index is 11.8. The number of nitrogens with one attached hydrogen (secondary N) is 3. The molecule has 0 spiro atoms. The van der Waals surface area contributed by atoms with E-state index in [-0.39, 0.29) is 29.9 Å². The Bertz CT molecular complexity index is 572. The van der Waals surface area contributed by atoms with Gasteiger partial charge in [-0.2, -0.15) is 0 Å². The lowest BCUT2D eigenvalue weighted by Gasteiger charge is -2.24. The fourth-order valence-electron chi connectivity index (χ4n) is 3.75. The van der Waals surface area contributed by atoms with E-state index in [1.165, 1.54) is 38.5 Å². The molecule has 3 N–H and O–H groups in total. The number of furan rings is 1. The van der Waals surface area contributed by atoms with E-state index in [1.54, 1.807) is 19.2 Å². The molecule has 7 nitrogen and oxygen atoms in total. The van der Waals surface area contributed by atoms with Gasteiger partial charge in [-0.1, -0.05) is 12.8 Å². The molecule has 2 fully saturated rings. The summed E-state index contributed by atoms with van der Waals surface area (Å²) in [7, 11) is 1.78. The van der Waals surface area contributed by atoms with Gasteiger partial charge in [-0.25, -0.2) is 0 Å². The third kappa shape index (κ3) is 5.87. The van der Waals surface area contributed by atoms with Gasteiger partial charge in [0.2, 0.25) is 0 Å². The topological polar surface area (TPSA) is 81.9 Å². The molecule has 1 unspecified atom stereocenters. The zero-order valence-corrected chi connectivity index (χ0v) is 17.7. The fraction of sp³-hybridized carbons (Fsp3) is 0.667. The monoisotopic (exact) mass is 475 g/mol. The Balaban J connectivity index is 0.00000243. The quantitative estimate of drug-likeness (QED) is 0.253. The van der Waals surface area contributed by atoms with Crippen molar-refractivity contribution in [1.82, 2.24) is 20.9 Å². The van der Waals surface area contributed by atoms with E-state index in [2.05, 4.69) is 25.8 Å². The first kappa shape index (κ1) is 21.0. The molecule has 1 aromatic rings. The number of nitrogens with zero attached hydrogens (tertiary/aromatic N) is 2. The third-order valence-electron chi connectivity index (χ3n) is 5.07. The molecule has 0 radical (unpaired) electrons. The summed E-state index contributed by atoms with van der Waals surface area (Å²) in [5.74, 6) is 0.934. The lowest BCUT2D eigenvalue weighted by Crippen LogP contribution is -2.47. The Morgan fingerprint density at radius 3 is 2.73 bits per heavy atom. The number of rotatable bonds is 6. The molecule has 3 rings (SSSR count). The molecule has 1 aliphatic carbocycles. The summed E-state index contributed by atoms with van der Waals surface area (Å²) < 4.78 is 5.06. The highest BCUT2D eigenvalue weighted by atomic mass is 127. The Morgan fingerprint density at radius 2 is 2.04 bits per heavy atom. The average molecular weight is 475 g/mol. The highest BCUT2D eigenvalue weighted by Crippen LogP contribution is 2.26. The predicted molar refractivity (Wildman–Crippen MR) is 113 cm³/mol. The van der Waals surface area contributed by atoms with E-state index in [4.69, 9.17) is 4.42 Å². The number of amides is 1. The van der Waals surface area contributed by atoms with Crippen LogP contribution < -0.4 is 16.0 Å². The molecule has 8 heteroatoms. The second kappa shape index (κ2) is 10.8. The zero-order valence-electron chi connectivity index (χ0n) is 15.4. The van der Waals surface area contributed by atoms with Crippen LogP contribution in [-0.2, 0) is 0 Å². The van der Waals surface area contributed by atoms with E-state index in [0.717, 1.165) is 25.0 Å². The summed E-state index contributed by atoms with van der Waals surface area (Å²) in [5.41, 5.74) is 0. The number of aliphatic imine (C=N–C) groups is 1. The van der Waals surface area contributed by atoms with Crippen molar-refractivity contribution in [3.05, 3.63) is 24.2 Å². The van der Waals surface area contributed by atoms with E-state index < -0.39 is 0 Å². The molecular weight excluding hydrogens is 445 g/mol. The van der Waals surface area contributed by atoms with Crippen molar-refractivity contribution in [2.75, 3.05) is 33.2 Å². The molecule has 146 valence electrons. The van der Waals surface area contributed by atoms with E-state index >= 15 is 0 Å². The van der Waals surface area contributed by atoms with Crippen molar-refractivity contribution in [2.24, 2.45) is 4.99 Å². The van der Waals surface area contributed by atoms with Crippen LogP contribution in [0.4, 0.5) is 0 Å². The Hall–Kier alpha value is -1.29. The normalized spacial score (nSPS) is 21.4. The van der Waals surface area contributed by atoms with E-state index in [0.29, 0.717) is 24.9 Å². The second-order valence-electron chi connectivity index (χ2n) is 6.80. The van der Waals surface area contributed by atoms with Crippen LogP contribution in [0.15, 0.2) is 27.8 Å². The van der Waals surface area contributed by atoms with Crippen LogP contribution in [-0.4, -0.2) is 62.1 Å². The number of halogens is 1. The lowest BCUT2D eigenvalue weighted by atomic mass is 10.2. The van der Waals surface area contributed by atoms with Gasteiger partial charge in [-0.05, 0) is 31.4 Å². The summed E-state index contributed by atoms with van der Waals surface area (Å²) in [4.78, 5) is 18.7. The minimum Gasteiger partial charge on any atom is -0.459 e. The standard InChI is InChI=1S/C18H29N5O2.HI/c1-19-18(21-10-9-20-17(24)16-7-4-12-25-16)22-14-8-11-23(13-14)15-5-2-3-6-15;/h4,7,12,14-15H,2-3,5-6,8-11,13H2,1H3,(H,20,24)(H2,19,21,22);1H. The Labute approximate surface area is 172 Å². The summed E-state index contributed by atoms with van der Waals surface area (Å²) in [6.07, 6.45) is 8.13. The largest absolute Gasteiger partial charge is 0.459 e. The molecule has 2 aliphatic rings. The average Bonchev–Trinajstić information content (AvgIpc) is 3.38. The summed E-state index contributed by atoms with van der Waals surface area (Å²) in [6, 6.07) is 4.59. The molecule has 1 saturated heterocycles. The van der Waals surface area contributed by atoms with Crippen LogP contribution in [0.2, 0.25) is 0 Å². The molecule has 1 saturated carbocycles. The smallest absolute Gasteiger partial charge is 0.287 e. The van der Waals surface area contributed by atoms with Gasteiger partial charge >= 0.3 is 0 Å². The minimum absolute atomic E-state index is 0. The van der Waals surface area contributed by atoms with Gasteiger partial charge in [0.15, 0.2) is 11.7 Å². The van der Waals surface area contributed by atoms with Crippen LogP contribution in [0.1, 0.15) is 42.7 Å².